The summed E-state index contributed by atoms with van der Waals surface area (Å²) in [5.41, 5.74) is 1.56. The molecule has 1 aliphatic rings. The van der Waals surface area contributed by atoms with Crippen molar-refractivity contribution in [1.82, 2.24) is 14.8 Å². The van der Waals surface area contributed by atoms with Crippen LogP contribution >= 0.6 is 0 Å². The maximum atomic E-state index is 13.2. The van der Waals surface area contributed by atoms with Gasteiger partial charge in [-0.2, -0.15) is 5.26 Å². The molecule has 1 aromatic heterocycles. The van der Waals surface area contributed by atoms with Gasteiger partial charge in [0.25, 0.3) is 5.91 Å². The summed E-state index contributed by atoms with van der Waals surface area (Å²) in [4.78, 5) is 34.1. The van der Waals surface area contributed by atoms with E-state index in [-0.39, 0.29) is 23.4 Å². The molecule has 7 nitrogen and oxygen atoms in total. The van der Waals surface area contributed by atoms with Gasteiger partial charge in [0.1, 0.15) is 11.4 Å². The number of pyridine rings is 1. The van der Waals surface area contributed by atoms with Gasteiger partial charge in [0.05, 0.1) is 18.7 Å². The summed E-state index contributed by atoms with van der Waals surface area (Å²) in [5.74, 6) is 0.341. The Kier molecular flexibility index (Phi) is 6.15. The molecule has 2 unspecified atom stereocenters. The average molecular weight is 428 g/mol. The van der Waals surface area contributed by atoms with Crippen LogP contribution in [0.25, 0.3) is 10.9 Å². The fraction of sp³-hybridized carbons (Fsp3) is 0.280. The number of Topliss-reactive ketones (excluding diaryl/α,β-unsaturated/α-hetero) is 1. The zero-order valence-corrected chi connectivity index (χ0v) is 18.1. The molecule has 1 amide bonds. The molecule has 0 aliphatic carbocycles. The van der Waals surface area contributed by atoms with Crippen molar-refractivity contribution in [2.45, 2.75) is 19.0 Å². The molecule has 7 heteroatoms. The van der Waals surface area contributed by atoms with E-state index in [1.165, 1.54) is 0 Å². The van der Waals surface area contributed by atoms with E-state index in [0.29, 0.717) is 36.5 Å². The maximum absolute atomic E-state index is 13.2. The van der Waals surface area contributed by atoms with Crippen LogP contribution in [0, 0.1) is 11.3 Å². The van der Waals surface area contributed by atoms with Crippen molar-refractivity contribution < 1.29 is 14.3 Å². The highest BCUT2D eigenvalue weighted by molar-refractivity contribution is 6.02. The summed E-state index contributed by atoms with van der Waals surface area (Å²) in [6.45, 7) is 3.27. The van der Waals surface area contributed by atoms with Crippen molar-refractivity contribution in [3.63, 3.8) is 0 Å². The van der Waals surface area contributed by atoms with Gasteiger partial charge >= 0.3 is 0 Å². The van der Waals surface area contributed by atoms with Gasteiger partial charge in [0, 0.05) is 36.6 Å². The first kappa shape index (κ1) is 21.5. The Morgan fingerprint density at radius 2 is 1.91 bits per heavy atom. The maximum Gasteiger partial charge on any atom is 0.253 e. The van der Waals surface area contributed by atoms with Crippen molar-refractivity contribution in [2.24, 2.45) is 0 Å². The summed E-state index contributed by atoms with van der Waals surface area (Å²) < 4.78 is 5.23. The molecule has 0 spiro atoms. The van der Waals surface area contributed by atoms with Crippen molar-refractivity contribution in [3.05, 3.63) is 71.9 Å². The number of hydrogen-bond donors (Lipinski definition) is 0. The van der Waals surface area contributed by atoms with E-state index in [1.807, 2.05) is 42.2 Å². The first-order valence-corrected chi connectivity index (χ1v) is 10.5. The van der Waals surface area contributed by atoms with Crippen molar-refractivity contribution >= 4 is 22.6 Å². The number of carbonyl (C=O) groups is 2. The molecule has 3 aromatic rings. The monoisotopic (exact) mass is 428 g/mol. The lowest BCUT2D eigenvalue weighted by molar-refractivity contribution is 0.0428. The van der Waals surface area contributed by atoms with Crippen LogP contribution in [0.3, 0.4) is 0 Å². The second-order valence-corrected chi connectivity index (χ2v) is 7.86. The Bertz CT molecular complexity index is 1190. The minimum Gasteiger partial charge on any atom is -0.497 e. The molecule has 32 heavy (non-hydrogen) atoms. The summed E-state index contributed by atoms with van der Waals surface area (Å²) in [6, 6.07) is 19.1. The zero-order valence-electron chi connectivity index (χ0n) is 18.1. The van der Waals surface area contributed by atoms with E-state index in [0.717, 1.165) is 5.39 Å². The van der Waals surface area contributed by atoms with Crippen LogP contribution in [0.15, 0.2) is 60.7 Å². The van der Waals surface area contributed by atoms with E-state index in [4.69, 9.17) is 4.74 Å². The molecule has 1 fully saturated rings. The molecule has 1 saturated heterocycles. The summed E-state index contributed by atoms with van der Waals surface area (Å²) >= 11 is 0. The second kappa shape index (κ2) is 9.16. The highest BCUT2D eigenvalue weighted by atomic mass is 16.5. The quantitative estimate of drug-likeness (QED) is 0.580. The molecule has 0 saturated carbocycles. The van der Waals surface area contributed by atoms with E-state index < -0.39 is 6.04 Å². The molecular weight excluding hydrogens is 404 g/mol. The van der Waals surface area contributed by atoms with Gasteiger partial charge < -0.3 is 9.64 Å². The van der Waals surface area contributed by atoms with Crippen LogP contribution in [0.5, 0.6) is 5.75 Å². The molecule has 0 N–H and O–H groups in total. The van der Waals surface area contributed by atoms with Crippen molar-refractivity contribution in [1.29, 1.82) is 5.26 Å². The number of aromatic nitrogens is 1. The molecule has 0 bridgehead atoms. The van der Waals surface area contributed by atoms with Crippen molar-refractivity contribution in [2.75, 3.05) is 26.7 Å². The lowest BCUT2D eigenvalue weighted by Crippen LogP contribution is -2.58. The normalized spacial score (nSPS) is 17.5. The largest absolute Gasteiger partial charge is 0.497 e. The number of carbonyl (C=O) groups excluding carboxylic acids is 2. The van der Waals surface area contributed by atoms with Gasteiger partial charge in [-0.15, -0.1) is 0 Å². The second-order valence-electron chi connectivity index (χ2n) is 7.86. The first-order valence-electron chi connectivity index (χ1n) is 10.5. The molecule has 2 atom stereocenters. The zero-order chi connectivity index (χ0) is 22.7. The Hall–Kier alpha value is -3.76. The number of amides is 1. The van der Waals surface area contributed by atoms with Crippen LogP contribution in [0.1, 0.15) is 27.8 Å². The standard InChI is InChI=1S/C25H24N4O3/c1-17-16-28(25(31)18-6-4-3-5-7-18)12-13-29(17)23(15-26)24(30)22-10-8-19-14-20(32-2)9-11-21(19)27-22/h3-11,14,17,23H,12-13,16H2,1-2H3. The minimum atomic E-state index is -0.956. The van der Waals surface area contributed by atoms with Crippen LogP contribution in [0.2, 0.25) is 0 Å². The number of ketones is 1. The van der Waals surface area contributed by atoms with E-state index in [9.17, 15) is 14.9 Å². The highest BCUT2D eigenvalue weighted by Crippen LogP contribution is 2.22. The van der Waals surface area contributed by atoms with Crippen LogP contribution in [-0.2, 0) is 0 Å². The topological polar surface area (TPSA) is 86.5 Å². The van der Waals surface area contributed by atoms with E-state index in [2.05, 4.69) is 11.1 Å². The van der Waals surface area contributed by atoms with Gasteiger partial charge in [0.15, 0.2) is 6.04 Å². The third-order valence-electron chi connectivity index (χ3n) is 5.84. The number of nitrogens with zero attached hydrogens (tertiary/aromatic N) is 4. The fourth-order valence-corrected chi connectivity index (χ4v) is 4.09. The minimum absolute atomic E-state index is 0.0384. The number of ether oxygens (including phenoxy) is 1. The number of nitriles is 1. The lowest BCUT2D eigenvalue weighted by Gasteiger charge is -2.41. The average Bonchev–Trinajstić information content (AvgIpc) is 2.84. The number of methoxy groups -OCH3 is 1. The van der Waals surface area contributed by atoms with Gasteiger partial charge in [-0.1, -0.05) is 24.3 Å². The van der Waals surface area contributed by atoms with Crippen molar-refractivity contribution in [3.8, 4) is 11.8 Å². The summed E-state index contributed by atoms with van der Waals surface area (Å²) in [7, 11) is 1.60. The van der Waals surface area contributed by atoms with Gasteiger partial charge in [0.2, 0.25) is 5.78 Å². The molecular formula is C25H24N4O3. The number of rotatable bonds is 5. The summed E-state index contributed by atoms with van der Waals surface area (Å²) in [6.07, 6.45) is 0. The third-order valence-corrected chi connectivity index (χ3v) is 5.84. The SMILES string of the molecule is COc1ccc2nc(C(=O)C(C#N)N3CCN(C(=O)c4ccccc4)CC3C)ccc2c1. The Morgan fingerprint density at radius 3 is 2.59 bits per heavy atom. The van der Waals surface area contributed by atoms with Crippen LogP contribution < -0.4 is 4.74 Å². The first-order chi connectivity index (χ1) is 15.5. The number of piperazine rings is 1. The Balaban J connectivity index is 1.50. The van der Waals surface area contributed by atoms with Gasteiger partial charge in [-0.3, -0.25) is 14.5 Å². The van der Waals surface area contributed by atoms with Crippen LogP contribution in [-0.4, -0.2) is 65.3 Å². The molecule has 2 aromatic carbocycles. The van der Waals surface area contributed by atoms with Gasteiger partial charge in [-0.25, -0.2) is 4.98 Å². The molecule has 162 valence electrons. The molecule has 2 heterocycles. The molecule has 4 rings (SSSR count). The predicted octanol–water partition coefficient (Wildman–Crippen LogP) is 3.16. The van der Waals surface area contributed by atoms with E-state index in [1.54, 1.807) is 42.3 Å². The Morgan fingerprint density at radius 1 is 1.12 bits per heavy atom. The number of fused-ring (bicyclic) bond motifs is 1. The predicted molar refractivity (Wildman–Crippen MR) is 121 cm³/mol. The number of benzene rings is 2. The molecule has 0 radical (unpaired) electrons. The highest BCUT2D eigenvalue weighted by Gasteiger charge is 2.36. The lowest BCUT2D eigenvalue weighted by atomic mass is 10.0. The third kappa shape index (κ3) is 4.18. The van der Waals surface area contributed by atoms with Crippen LogP contribution in [0.4, 0.5) is 0 Å². The fourth-order valence-electron chi connectivity index (χ4n) is 4.09. The Labute approximate surface area is 186 Å². The van der Waals surface area contributed by atoms with Gasteiger partial charge in [-0.05, 0) is 43.3 Å². The molecule has 1 aliphatic heterocycles. The smallest absolute Gasteiger partial charge is 0.253 e. The summed E-state index contributed by atoms with van der Waals surface area (Å²) in [5, 5.41) is 10.7. The van der Waals surface area contributed by atoms with E-state index >= 15 is 0 Å². The number of hydrogen-bond acceptors (Lipinski definition) is 6.